The summed E-state index contributed by atoms with van der Waals surface area (Å²) in [5.41, 5.74) is 2.34. The van der Waals surface area contributed by atoms with Gasteiger partial charge in [-0.2, -0.15) is 0 Å². The highest BCUT2D eigenvalue weighted by Gasteiger charge is 2.19. The molecule has 1 unspecified atom stereocenters. The summed E-state index contributed by atoms with van der Waals surface area (Å²) < 4.78 is 6.10. The molecule has 0 bridgehead atoms. The molecule has 1 aromatic carbocycles. The summed E-state index contributed by atoms with van der Waals surface area (Å²) in [5, 5.41) is 4.72. The Kier molecular flexibility index (Phi) is 4.07. The number of nitrogens with one attached hydrogen (secondary N) is 1. The maximum absolute atomic E-state index is 6.10. The fourth-order valence-corrected chi connectivity index (χ4v) is 2.46. The van der Waals surface area contributed by atoms with Gasteiger partial charge in [0.2, 0.25) is 0 Å². The number of rotatable bonds is 5. The minimum absolute atomic E-state index is 0.298. The Hall–Kier alpha value is -1.28. The van der Waals surface area contributed by atoms with Crippen LogP contribution in [-0.2, 0) is 6.42 Å². The van der Waals surface area contributed by atoms with E-state index in [9.17, 15) is 0 Å². The lowest BCUT2D eigenvalue weighted by molar-refractivity contribution is 0.356. The maximum atomic E-state index is 6.10. The number of para-hydroxylation sites is 1. The van der Waals surface area contributed by atoms with Crippen molar-refractivity contribution in [1.29, 1.82) is 0 Å². The highest BCUT2D eigenvalue weighted by atomic mass is 16.3. The van der Waals surface area contributed by atoms with E-state index in [0.29, 0.717) is 12.0 Å². The number of fused-ring (bicyclic) bond motifs is 1. The number of hydrogen-bond acceptors (Lipinski definition) is 2. The SMILES string of the molecule is CCNC(c1cc2cccc(CC)c2o1)C(C)C. The summed E-state index contributed by atoms with van der Waals surface area (Å²) in [7, 11) is 0. The van der Waals surface area contributed by atoms with Crippen molar-refractivity contribution in [3.8, 4) is 0 Å². The Labute approximate surface area is 109 Å². The van der Waals surface area contributed by atoms with Gasteiger partial charge in [-0.15, -0.1) is 0 Å². The average molecular weight is 245 g/mol. The minimum atomic E-state index is 0.298. The molecule has 1 heterocycles. The van der Waals surface area contributed by atoms with Gasteiger partial charge in [-0.05, 0) is 30.5 Å². The van der Waals surface area contributed by atoms with Gasteiger partial charge in [-0.1, -0.05) is 45.9 Å². The molecule has 0 amide bonds. The molecule has 2 aromatic rings. The summed E-state index contributed by atoms with van der Waals surface area (Å²) in [6.07, 6.45) is 1.01. The van der Waals surface area contributed by atoms with Gasteiger partial charge in [-0.25, -0.2) is 0 Å². The van der Waals surface area contributed by atoms with Crippen molar-refractivity contribution in [1.82, 2.24) is 5.32 Å². The largest absolute Gasteiger partial charge is 0.459 e. The lowest BCUT2D eigenvalue weighted by Gasteiger charge is -2.19. The molecule has 1 atom stereocenters. The van der Waals surface area contributed by atoms with E-state index in [4.69, 9.17) is 4.42 Å². The summed E-state index contributed by atoms with van der Waals surface area (Å²) in [6, 6.07) is 8.87. The third-order valence-corrected chi connectivity index (χ3v) is 3.42. The lowest BCUT2D eigenvalue weighted by Crippen LogP contribution is -2.24. The van der Waals surface area contributed by atoms with Gasteiger partial charge in [0.15, 0.2) is 0 Å². The number of hydrogen-bond donors (Lipinski definition) is 1. The van der Waals surface area contributed by atoms with Crippen molar-refractivity contribution in [3.63, 3.8) is 0 Å². The van der Waals surface area contributed by atoms with Crippen LogP contribution in [0.15, 0.2) is 28.7 Å². The summed E-state index contributed by atoms with van der Waals surface area (Å²) in [5.74, 6) is 1.58. The fraction of sp³-hybridized carbons (Fsp3) is 0.500. The normalized spacial score (nSPS) is 13.4. The predicted octanol–water partition coefficient (Wildman–Crippen LogP) is 4.30. The molecule has 0 fully saturated rings. The first kappa shape index (κ1) is 13.2. The first-order valence-electron chi connectivity index (χ1n) is 6.92. The highest BCUT2D eigenvalue weighted by molar-refractivity contribution is 5.81. The summed E-state index contributed by atoms with van der Waals surface area (Å²) in [4.78, 5) is 0. The Balaban J connectivity index is 2.45. The van der Waals surface area contributed by atoms with Crippen molar-refractivity contribution < 1.29 is 4.42 Å². The van der Waals surface area contributed by atoms with Gasteiger partial charge >= 0.3 is 0 Å². The molecule has 2 rings (SSSR count). The van der Waals surface area contributed by atoms with E-state index in [2.05, 4.69) is 57.3 Å². The molecule has 0 aliphatic carbocycles. The van der Waals surface area contributed by atoms with Crippen molar-refractivity contribution in [2.45, 2.75) is 40.2 Å². The van der Waals surface area contributed by atoms with Crippen molar-refractivity contribution in [2.24, 2.45) is 5.92 Å². The number of furan rings is 1. The Morgan fingerprint density at radius 1 is 1.22 bits per heavy atom. The first-order valence-corrected chi connectivity index (χ1v) is 6.92. The Morgan fingerprint density at radius 3 is 2.61 bits per heavy atom. The Morgan fingerprint density at radius 2 is 2.00 bits per heavy atom. The second-order valence-electron chi connectivity index (χ2n) is 5.12. The average Bonchev–Trinajstić information content (AvgIpc) is 2.78. The highest BCUT2D eigenvalue weighted by Crippen LogP contribution is 2.30. The van der Waals surface area contributed by atoms with Gasteiger partial charge in [0, 0.05) is 5.39 Å². The fourth-order valence-electron chi connectivity index (χ4n) is 2.46. The van der Waals surface area contributed by atoms with Crippen molar-refractivity contribution in [2.75, 3.05) is 6.54 Å². The molecular formula is C16H23NO. The van der Waals surface area contributed by atoms with Gasteiger partial charge in [0.1, 0.15) is 11.3 Å². The smallest absolute Gasteiger partial charge is 0.137 e. The standard InChI is InChI=1S/C16H23NO/c1-5-12-8-7-9-13-10-14(18-16(12)13)15(11(3)4)17-6-2/h7-11,15,17H,5-6H2,1-4H3. The van der Waals surface area contributed by atoms with E-state index in [0.717, 1.165) is 24.3 Å². The molecule has 0 aliphatic rings. The summed E-state index contributed by atoms with van der Waals surface area (Å²) >= 11 is 0. The number of benzene rings is 1. The topological polar surface area (TPSA) is 25.2 Å². The van der Waals surface area contributed by atoms with Crippen LogP contribution in [0.3, 0.4) is 0 Å². The Bertz CT molecular complexity index is 513. The van der Waals surface area contributed by atoms with Gasteiger partial charge in [0.05, 0.1) is 6.04 Å². The second kappa shape index (κ2) is 5.57. The molecule has 2 heteroatoms. The maximum Gasteiger partial charge on any atom is 0.137 e. The van der Waals surface area contributed by atoms with Crippen LogP contribution in [0.1, 0.15) is 45.1 Å². The van der Waals surface area contributed by atoms with Crippen LogP contribution in [0.25, 0.3) is 11.0 Å². The zero-order valence-corrected chi connectivity index (χ0v) is 11.8. The third-order valence-electron chi connectivity index (χ3n) is 3.42. The van der Waals surface area contributed by atoms with Crippen LogP contribution in [0.4, 0.5) is 0 Å². The van der Waals surface area contributed by atoms with Crippen LogP contribution >= 0.6 is 0 Å². The van der Waals surface area contributed by atoms with Gasteiger partial charge in [-0.3, -0.25) is 0 Å². The first-order chi connectivity index (χ1) is 8.67. The molecule has 0 aliphatic heterocycles. The molecule has 0 radical (unpaired) electrons. The lowest BCUT2D eigenvalue weighted by atomic mass is 10.0. The monoisotopic (exact) mass is 245 g/mol. The van der Waals surface area contributed by atoms with Crippen LogP contribution in [0.5, 0.6) is 0 Å². The molecule has 0 saturated heterocycles. The molecule has 2 nitrogen and oxygen atoms in total. The summed E-state index contributed by atoms with van der Waals surface area (Å²) in [6.45, 7) is 9.71. The van der Waals surface area contributed by atoms with E-state index in [1.54, 1.807) is 0 Å². The molecule has 1 N–H and O–H groups in total. The molecule has 0 spiro atoms. The van der Waals surface area contributed by atoms with E-state index in [1.807, 2.05) is 0 Å². The predicted molar refractivity (Wildman–Crippen MR) is 76.8 cm³/mol. The molecule has 98 valence electrons. The third kappa shape index (κ3) is 2.44. The molecule has 18 heavy (non-hydrogen) atoms. The van der Waals surface area contributed by atoms with Crippen LogP contribution < -0.4 is 5.32 Å². The van der Waals surface area contributed by atoms with Crippen LogP contribution in [0, 0.1) is 5.92 Å². The van der Waals surface area contributed by atoms with Crippen LogP contribution in [-0.4, -0.2) is 6.54 Å². The van der Waals surface area contributed by atoms with Gasteiger partial charge < -0.3 is 9.73 Å². The van der Waals surface area contributed by atoms with Crippen LogP contribution in [0.2, 0.25) is 0 Å². The van der Waals surface area contributed by atoms with Gasteiger partial charge in [0.25, 0.3) is 0 Å². The quantitative estimate of drug-likeness (QED) is 0.849. The van der Waals surface area contributed by atoms with E-state index in [-0.39, 0.29) is 0 Å². The molecular weight excluding hydrogens is 222 g/mol. The van der Waals surface area contributed by atoms with E-state index in [1.165, 1.54) is 10.9 Å². The van der Waals surface area contributed by atoms with Crippen molar-refractivity contribution in [3.05, 3.63) is 35.6 Å². The van der Waals surface area contributed by atoms with E-state index >= 15 is 0 Å². The minimum Gasteiger partial charge on any atom is -0.459 e. The van der Waals surface area contributed by atoms with E-state index < -0.39 is 0 Å². The zero-order valence-electron chi connectivity index (χ0n) is 11.8. The molecule has 1 aromatic heterocycles. The second-order valence-corrected chi connectivity index (χ2v) is 5.12. The zero-order chi connectivity index (χ0) is 13.1. The molecule has 0 saturated carbocycles. The van der Waals surface area contributed by atoms with Crippen molar-refractivity contribution >= 4 is 11.0 Å². The number of aryl methyl sites for hydroxylation is 1.